The summed E-state index contributed by atoms with van der Waals surface area (Å²) in [5.41, 5.74) is 0. The third kappa shape index (κ3) is 10.9. The fraction of sp³-hybridized carbons (Fsp3) is 0.438. The van der Waals surface area contributed by atoms with E-state index in [1.807, 2.05) is 0 Å². The first kappa shape index (κ1) is 21.2. The fourth-order valence-electron chi connectivity index (χ4n) is 1.21. The molecular weight excluding hydrogens is 318 g/mol. The van der Waals surface area contributed by atoms with E-state index in [4.69, 9.17) is 18.9 Å². The molecule has 1 N–H and O–H groups in total. The molecule has 0 saturated carbocycles. The van der Waals surface area contributed by atoms with Crippen molar-refractivity contribution in [2.45, 2.75) is 20.0 Å². The zero-order valence-corrected chi connectivity index (χ0v) is 13.9. The van der Waals surface area contributed by atoms with Crippen LogP contribution >= 0.6 is 0 Å². The van der Waals surface area contributed by atoms with E-state index in [0.29, 0.717) is 5.76 Å². The molecule has 0 bridgehead atoms. The van der Waals surface area contributed by atoms with Crippen LogP contribution in [0.25, 0.3) is 0 Å². The summed E-state index contributed by atoms with van der Waals surface area (Å²) in [6.45, 7) is 9.92. The zero-order chi connectivity index (χ0) is 18.4. The van der Waals surface area contributed by atoms with Gasteiger partial charge in [0, 0.05) is 12.2 Å². The number of nitrogens with one attached hydrogen (secondary N) is 1. The summed E-state index contributed by atoms with van der Waals surface area (Å²) >= 11 is 0. The number of hydrogen-bond acceptors (Lipinski definition) is 7. The predicted octanol–water partition coefficient (Wildman–Crippen LogP) is 1.48. The molecule has 0 heterocycles. The highest BCUT2D eigenvalue weighted by atomic mass is 16.6. The van der Waals surface area contributed by atoms with Crippen LogP contribution in [0.5, 0.6) is 0 Å². The van der Waals surface area contributed by atoms with E-state index in [-0.39, 0.29) is 26.4 Å². The second-order valence-corrected chi connectivity index (χ2v) is 4.37. The third-order valence-corrected chi connectivity index (χ3v) is 2.54. The SMILES string of the molecule is C=CC(=O)OCCNC(=O)OC(COC(=O)C=C)COC(C)=CC. The van der Waals surface area contributed by atoms with Gasteiger partial charge in [0.2, 0.25) is 0 Å². The monoisotopic (exact) mass is 341 g/mol. The molecule has 8 nitrogen and oxygen atoms in total. The predicted molar refractivity (Wildman–Crippen MR) is 86.0 cm³/mol. The van der Waals surface area contributed by atoms with Gasteiger partial charge in [-0.25, -0.2) is 14.4 Å². The van der Waals surface area contributed by atoms with Crippen molar-refractivity contribution in [3.05, 3.63) is 37.1 Å². The Morgan fingerprint density at radius 3 is 2.21 bits per heavy atom. The van der Waals surface area contributed by atoms with Crippen LogP contribution in [0.1, 0.15) is 13.8 Å². The largest absolute Gasteiger partial charge is 0.495 e. The minimum Gasteiger partial charge on any atom is -0.495 e. The standard InChI is InChI=1S/C16H23NO7/c1-5-12(4)22-10-13(11-23-15(19)7-3)24-16(20)17-8-9-21-14(18)6-2/h5-7,13H,2-3,8-11H2,1,4H3,(H,17,20). The van der Waals surface area contributed by atoms with Crippen LogP contribution in [0, 0.1) is 0 Å². The molecule has 8 heteroatoms. The van der Waals surface area contributed by atoms with Crippen LogP contribution < -0.4 is 5.32 Å². The first-order chi connectivity index (χ1) is 11.4. The Kier molecular flexibility index (Phi) is 11.3. The maximum Gasteiger partial charge on any atom is 0.407 e. The average Bonchev–Trinajstić information content (AvgIpc) is 2.59. The van der Waals surface area contributed by atoms with E-state index in [0.717, 1.165) is 12.2 Å². The summed E-state index contributed by atoms with van der Waals surface area (Å²) < 4.78 is 20.0. The van der Waals surface area contributed by atoms with E-state index >= 15 is 0 Å². The molecule has 0 aliphatic rings. The minimum absolute atomic E-state index is 0.0134. The molecule has 1 amide bonds. The van der Waals surface area contributed by atoms with Gasteiger partial charge in [0.15, 0.2) is 6.10 Å². The van der Waals surface area contributed by atoms with Gasteiger partial charge in [-0.15, -0.1) is 0 Å². The fourth-order valence-corrected chi connectivity index (χ4v) is 1.21. The number of rotatable bonds is 11. The van der Waals surface area contributed by atoms with Crippen molar-refractivity contribution in [1.29, 1.82) is 0 Å². The number of carbonyl (C=O) groups is 3. The van der Waals surface area contributed by atoms with Crippen molar-refractivity contribution in [1.82, 2.24) is 5.32 Å². The molecule has 0 rings (SSSR count). The van der Waals surface area contributed by atoms with Crippen molar-refractivity contribution >= 4 is 18.0 Å². The first-order valence-electron chi connectivity index (χ1n) is 7.21. The topological polar surface area (TPSA) is 100 Å². The Morgan fingerprint density at radius 2 is 1.62 bits per heavy atom. The highest BCUT2D eigenvalue weighted by molar-refractivity contribution is 5.81. The van der Waals surface area contributed by atoms with E-state index < -0.39 is 24.1 Å². The number of hydrogen-bond donors (Lipinski definition) is 1. The molecule has 0 aliphatic carbocycles. The van der Waals surface area contributed by atoms with Crippen LogP contribution in [-0.2, 0) is 28.5 Å². The van der Waals surface area contributed by atoms with Gasteiger partial charge < -0.3 is 24.3 Å². The van der Waals surface area contributed by atoms with Crippen LogP contribution in [0.2, 0.25) is 0 Å². The molecule has 0 radical (unpaired) electrons. The third-order valence-electron chi connectivity index (χ3n) is 2.54. The van der Waals surface area contributed by atoms with Crippen molar-refractivity contribution in [2.24, 2.45) is 0 Å². The zero-order valence-electron chi connectivity index (χ0n) is 13.9. The van der Waals surface area contributed by atoms with Gasteiger partial charge in [0.25, 0.3) is 0 Å². The summed E-state index contributed by atoms with van der Waals surface area (Å²) in [4.78, 5) is 33.6. The average molecular weight is 341 g/mol. The molecule has 0 saturated heterocycles. The highest BCUT2D eigenvalue weighted by Gasteiger charge is 2.17. The Hall–Kier alpha value is -2.77. The number of esters is 2. The van der Waals surface area contributed by atoms with Gasteiger partial charge in [0.05, 0.1) is 12.3 Å². The van der Waals surface area contributed by atoms with E-state index in [1.54, 1.807) is 19.9 Å². The normalized spacial score (nSPS) is 11.7. The number of allylic oxidation sites excluding steroid dienone is 2. The van der Waals surface area contributed by atoms with Crippen molar-refractivity contribution in [3.8, 4) is 0 Å². The molecule has 0 aromatic carbocycles. The van der Waals surface area contributed by atoms with Crippen LogP contribution in [0.15, 0.2) is 37.1 Å². The molecule has 1 atom stereocenters. The quantitative estimate of drug-likeness (QED) is 0.200. The van der Waals surface area contributed by atoms with Gasteiger partial charge in [0.1, 0.15) is 19.8 Å². The molecular formula is C16H23NO7. The summed E-state index contributed by atoms with van der Waals surface area (Å²) in [7, 11) is 0. The number of carbonyl (C=O) groups excluding carboxylic acids is 3. The second kappa shape index (κ2) is 12.7. The molecule has 134 valence electrons. The molecule has 0 aliphatic heterocycles. The number of ether oxygens (including phenoxy) is 4. The van der Waals surface area contributed by atoms with Gasteiger partial charge in [-0.2, -0.15) is 0 Å². The van der Waals surface area contributed by atoms with Gasteiger partial charge in [-0.05, 0) is 13.8 Å². The van der Waals surface area contributed by atoms with Crippen molar-refractivity contribution in [2.75, 3.05) is 26.4 Å². The van der Waals surface area contributed by atoms with Gasteiger partial charge >= 0.3 is 18.0 Å². The lowest BCUT2D eigenvalue weighted by atomic mass is 10.4. The van der Waals surface area contributed by atoms with E-state index in [9.17, 15) is 14.4 Å². The highest BCUT2D eigenvalue weighted by Crippen LogP contribution is 2.02. The lowest BCUT2D eigenvalue weighted by molar-refractivity contribution is -0.141. The second-order valence-electron chi connectivity index (χ2n) is 4.37. The van der Waals surface area contributed by atoms with Crippen molar-refractivity contribution < 1.29 is 33.3 Å². The smallest absolute Gasteiger partial charge is 0.407 e. The minimum atomic E-state index is -0.806. The Morgan fingerprint density at radius 1 is 1.04 bits per heavy atom. The van der Waals surface area contributed by atoms with Crippen LogP contribution in [0.3, 0.4) is 0 Å². The molecule has 24 heavy (non-hydrogen) atoms. The van der Waals surface area contributed by atoms with Crippen molar-refractivity contribution in [3.63, 3.8) is 0 Å². The lowest BCUT2D eigenvalue weighted by Gasteiger charge is -2.18. The summed E-state index contributed by atoms with van der Waals surface area (Å²) in [5, 5.41) is 2.39. The Labute approximate surface area is 141 Å². The molecule has 0 fully saturated rings. The lowest BCUT2D eigenvalue weighted by Crippen LogP contribution is -2.36. The van der Waals surface area contributed by atoms with E-state index in [2.05, 4.69) is 18.5 Å². The summed E-state index contributed by atoms with van der Waals surface area (Å²) in [6, 6.07) is 0. The molecule has 0 spiro atoms. The first-order valence-corrected chi connectivity index (χ1v) is 7.21. The molecule has 1 unspecified atom stereocenters. The molecule has 0 aromatic rings. The van der Waals surface area contributed by atoms with Crippen LogP contribution in [0.4, 0.5) is 4.79 Å². The number of alkyl carbamates (subject to hydrolysis) is 1. The maximum absolute atomic E-state index is 11.7. The van der Waals surface area contributed by atoms with E-state index in [1.165, 1.54) is 0 Å². The Bertz CT molecular complexity index is 479. The summed E-state index contributed by atoms with van der Waals surface area (Å²) in [5.74, 6) is -0.590. The van der Waals surface area contributed by atoms with Crippen LogP contribution in [-0.4, -0.2) is 50.5 Å². The number of amides is 1. The Balaban J connectivity index is 4.31. The molecule has 0 aromatic heterocycles. The van der Waals surface area contributed by atoms with Gasteiger partial charge in [-0.1, -0.05) is 19.2 Å². The summed E-state index contributed by atoms with van der Waals surface area (Å²) in [6.07, 6.45) is 2.19. The van der Waals surface area contributed by atoms with Gasteiger partial charge in [-0.3, -0.25) is 0 Å². The maximum atomic E-state index is 11.7.